The third-order valence-corrected chi connectivity index (χ3v) is 3.43. The van der Waals surface area contributed by atoms with Gasteiger partial charge in [0.25, 0.3) is 5.91 Å². The standard InChI is InChI=1S/C14H17F2N3O2.ClH/c1-9(17)13(20)18-4-6-19(7-5-18)14(21)11-3-2-10(15)8-12(11)16;/h2-3,8-9H,4-7,17H2,1H3;1H/t9-;/m0./s1. The molecule has 1 fully saturated rings. The average molecular weight is 334 g/mol. The molecule has 1 aliphatic rings. The summed E-state index contributed by atoms with van der Waals surface area (Å²) >= 11 is 0. The first-order chi connectivity index (χ1) is 9.90. The third-order valence-electron chi connectivity index (χ3n) is 3.43. The molecule has 8 heteroatoms. The van der Waals surface area contributed by atoms with Crippen LogP contribution in [0.25, 0.3) is 0 Å². The van der Waals surface area contributed by atoms with E-state index in [9.17, 15) is 18.4 Å². The zero-order valence-electron chi connectivity index (χ0n) is 12.1. The smallest absolute Gasteiger partial charge is 0.256 e. The first kappa shape index (κ1) is 18.3. The van der Waals surface area contributed by atoms with Crippen LogP contribution in [0.4, 0.5) is 8.78 Å². The fourth-order valence-corrected chi connectivity index (χ4v) is 2.25. The van der Waals surface area contributed by atoms with Crippen molar-refractivity contribution in [1.29, 1.82) is 0 Å². The largest absolute Gasteiger partial charge is 0.338 e. The summed E-state index contributed by atoms with van der Waals surface area (Å²) in [6.07, 6.45) is 0. The summed E-state index contributed by atoms with van der Waals surface area (Å²) in [6, 6.07) is 2.28. The van der Waals surface area contributed by atoms with E-state index < -0.39 is 23.6 Å². The number of carbonyl (C=O) groups excluding carboxylic acids is 2. The lowest BCUT2D eigenvalue weighted by molar-refractivity contribution is -0.133. The summed E-state index contributed by atoms with van der Waals surface area (Å²) < 4.78 is 26.4. The van der Waals surface area contributed by atoms with Crippen LogP contribution in [0, 0.1) is 11.6 Å². The first-order valence-corrected chi connectivity index (χ1v) is 6.69. The van der Waals surface area contributed by atoms with Gasteiger partial charge in [-0.1, -0.05) is 0 Å². The summed E-state index contributed by atoms with van der Waals surface area (Å²) in [5, 5.41) is 0. The fraction of sp³-hybridized carbons (Fsp3) is 0.429. The molecule has 0 bridgehead atoms. The predicted octanol–water partition coefficient (Wildman–Crippen LogP) is 1.02. The Morgan fingerprint density at radius 2 is 1.68 bits per heavy atom. The molecule has 1 saturated heterocycles. The molecular weight excluding hydrogens is 316 g/mol. The van der Waals surface area contributed by atoms with Crippen molar-refractivity contribution in [1.82, 2.24) is 9.80 Å². The quantitative estimate of drug-likeness (QED) is 0.878. The van der Waals surface area contributed by atoms with E-state index in [0.29, 0.717) is 32.2 Å². The maximum Gasteiger partial charge on any atom is 0.256 e. The number of amides is 2. The number of hydrogen-bond acceptors (Lipinski definition) is 3. The third kappa shape index (κ3) is 3.92. The molecule has 1 aromatic rings. The molecule has 1 atom stereocenters. The Balaban J connectivity index is 0.00000242. The normalized spacial score (nSPS) is 16.0. The van der Waals surface area contributed by atoms with Gasteiger partial charge in [0, 0.05) is 32.2 Å². The van der Waals surface area contributed by atoms with Crippen molar-refractivity contribution in [2.24, 2.45) is 5.73 Å². The van der Waals surface area contributed by atoms with Crippen molar-refractivity contribution in [3.8, 4) is 0 Å². The second kappa shape index (κ2) is 7.51. The number of rotatable bonds is 2. The van der Waals surface area contributed by atoms with Crippen LogP contribution >= 0.6 is 12.4 Å². The van der Waals surface area contributed by atoms with Crippen LogP contribution in [0.5, 0.6) is 0 Å². The number of nitrogens with two attached hydrogens (primary N) is 1. The summed E-state index contributed by atoms with van der Waals surface area (Å²) in [7, 11) is 0. The molecule has 122 valence electrons. The Morgan fingerprint density at radius 1 is 1.14 bits per heavy atom. The Bertz CT molecular complexity index is 561. The van der Waals surface area contributed by atoms with Crippen molar-refractivity contribution in [2.75, 3.05) is 26.2 Å². The molecule has 2 rings (SSSR count). The maximum atomic E-state index is 13.6. The highest BCUT2D eigenvalue weighted by Crippen LogP contribution is 2.14. The van der Waals surface area contributed by atoms with E-state index >= 15 is 0 Å². The van der Waals surface area contributed by atoms with Gasteiger partial charge >= 0.3 is 0 Å². The zero-order valence-corrected chi connectivity index (χ0v) is 12.9. The Hall–Kier alpha value is -1.73. The molecule has 22 heavy (non-hydrogen) atoms. The SMILES string of the molecule is C[C@H](N)C(=O)N1CCN(C(=O)c2ccc(F)cc2F)CC1.Cl. The van der Waals surface area contributed by atoms with Crippen LogP contribution in [0.2, 0.25) is 0 Å². The molecular formula is C14H18ClF2N3O2. The minimum Gasteiger partial charge on any atom is -0.338 e. The molecule has 1 aliphatic heterocycles. The van der Waals surface area contributed by atoms with Gasteiger partial charge in [0.05, 0.1) is 11.6 Å². The number of carbonyl (C=O) groups is 2. The lowest BCUT2D eigenvalue weighted by atomic mass is 10.1. The molecule has 1 heterocycles. The molecule has 2 amide bonds. The van der Waals surface area contributed by atoms with Crippen molar-refractivity contribution in [3.05, 3.63) is 35.4 Å². The van der Waals surface area contributed by atoms with Gasteiger partial charge < -0.3 is 15.5 Å². The van der Waals surface area contributed by atoms with E-state index in [1.807, 2.05) is 0 Å². The molecule has 0 unspecified atom stereocenters. The van der Waals surface area contributed by atoms with E-state index in [1.54, 1.807) is 11.8 Å². The molecule has 1 aromatic carbocycles. The second-order valence-electron chi connectivity index (χ2n) is 5.03. The Labute approximate surface area is 133 Å². The topological polar surface area (TPSA) is 66.6 Å². The van der Waals surface area contributed by atoms with Crippen molar-refractivity contribution >= 4 is 24.2 Å². The van der Waals surface area contributed by atoms with Crippen LogP contribution < -0.4 is 5.73 Å². The molecule has 0 aromatic heterocycles. The summed E-state index contributed by atoms with van der Waals surface area (Å²) in [5.74, 6) is -2.28. The van der Waals surface area contributed by atoms with Crippen LogP contribution in [0.15, 0.2) is 18.2 Å². The lowest BCUT2D eigenvalue weighted by Gasteiger charge is -2.35. The van der Waals surface area contributed by atoms with E-state index in [4.69, 9.17) is 5.73 Å². The van der Waals surface area contributed by atoms with Gasteiger partial charge in [0.2, 0.25) is 5.91 Å². The Morgan fingerprint density at radius 3 is 2.18 bits per heavy atom. The molecule has 5 nitrogen and oxygen atoms in total. The first-order valence-electron chi connectivity index (χ1n) is 6.69. The minimum atomic E-state index is -0.880. The van der Waals surface area contributed by atoms with Crippen molar-refractivity contribution in [2.45, 2.75) is 13.0 Å². The van der Waals surface area contributed by atoms with Crippen LogP contribution in [-0.4, -0.2) is 53.8 Å². The molecule has 2 N–H and O–H groups in total. The van der Waals surface area contributed by atoms with Gasteiger partial charge in [-0.3, -0.25) is 9.59 Å². The lowest BCUT2D eigenvalue weighted by Crippen LogP contribution is -2.53. The average Bonchev–Trinajstić information content (AvgIpc) is 2.46. The summed E-state index contributed by atoms with van der Waals surface area (Å²) in [6.45, 7) is 2.92. The summed E-state index contributed by atoms with van der Waals surface area (Å²) in [4.78, 5) is 26.9. The monoisotopic (exact) mass is 333 g/mol. The van der Waals surface area contributed by atoms with Gasteiger partial charge in [0.15, 0.2) is 0 Å². The number of benzene rings is 1. The molecule has 0 saturated carbocycles. The number of piperazine rings is 1. The van der Waals surface area contributed by atoms with Crippen molar-refractivity contribution in [3.63, 3.8) is 0 Å². The van der Waals surface area contributed by atoms with Crippen LogP contribution in [-0.2, 0) is 4.79 Å². The highest BCUT2D eigenvalue weighted by atomic mass is 35.5. The highest BCUT2D eigenvalue weighted by Gasteiger charge is 2.27. The zero-order chi connectivity index (χ0) is 15.6. The molecule has 0 radical (unpaired) electrons. The second-order valence-corrected chi connectivity index (χ2v) is 5.03. The summed E-state index contributed by atoms with van der Waals surface area (Å²) in [5.41, 5.74) is 5.37. The van der Waals surface area contributed by atoms with Gasteiger partial charge in [-0.25, -0.2) is 8.78 Å². The van der Waals surface area contributed by atoms with E-state index in [-0.39, 0.29) is 23.9 Å². The number of hydrogen-bond donors (Lipinski definition) is 1. The van der Waals surface area contributed by atoms with Gasteiger partial charge in [-0.15, -0.1) is 12.4 Å². The van der Waals surface area contributed by atoms with E-state index in [0.717, 1.165) is 12.1 Å². The van der Waals surface area contributed by atoms with Gasteiger partial charge in [-0.2, -0.15) is 0 Å². The predicted molar refractivity (Wildman–Crippen MR) is 79.7 cm³/mol. The fourth-order valence-electron chi connectivity index (χ4n) is 2.25. The van der Waals surface area contributed by atoms with E-state index in [2.05, 4.69) is 0 Å². The highest BCUT2D eigenvalue weighted by molar-refractivity contribution is 5.94. The van der Waals surface area contributed by atoms with Gasteiger partial charge in [-0.05, 0) is 19.1 Å². The number of halogens is 3. The number of nitrogens with zero attached hydrogens (tertiary/aromatic N) is 2. The Kier molecular flexibility index (Phi) is 6.25. The maximum absolute atomic E-state index is 13.6. The van der Waals surface area contributed by atoms with Crippen LogP contribution in [0.1, 0.15) is 17.3 Å². The van der Waals surface area contributed by atoms with Gasteiger partial charge in [0.1, 0.15) is 11.6 Å². The molecule has 0 aliphatic carbocycles. The minimum absolute atomic E-state index is 0. The van der Waals surface area contributed by atoms with E-state index in [1.165, 1.54) is 4.90 Å². The van der Waals surface area contributed by atoms with Crippen LogP contribution in [0.3, 0.4) is 0 Å². The van der Waals surface area contributed by atoms with Crippen molar-refractivity contribution < 1.29 is 18.4 Å². The molecule has 0 spiro atoms.